The minimum atomic E-state index is -0.611. The van der Waals surface area contributed by atoms with Crippen molar-refractivity contribution >= 4 is 6.16 Å². The molecular formula is C15H26O4. The van der Waals surface area contributed by atoms with E-state index in [-0.39, 0.29) is 18.3 Å². The number of allylic oxidation sites excluding steroid dienone is 1. The number of carbonyl (C=O) groups is 1. The van der Waals surface area contributed by atoms with Crippen molar-refractivity contribution in [3.05, 3.63) is 12.2 Å². The van der Waals surface area contributed by atoms with Crippen molar-refractivity contribution in [1.82, 2.24) is 0 Å². The van der Waals surface area contributed by atoms with E-state index in [0.29, 0.717) is 0 Å². The highest BCUT2D eigenvalue weighted by Crippen LogP contribution is 2.26. The van der Waals surface area contributed by atoms with E-state index in [1.807, 2.05) is 27.7 Å². The first-order chi connectivity index (χ1) is 8.81. The zero-order valence-electron chi connectivity index (χ0n) is 12.6. The molecule has 0 radical (unpaired) electrons. The molecule has 110 valence electrons. The predicted molar refractivity (Wildman–Crippen MR) is 74.1 cm³/mol. The Kier molecular flexibility index (Phi) is 5.85. The quantitative estimate of drug-likeness (QED) is 0.575. The third-order valence-electron chi connectivity index (χ3n) is 2.79. The Bertz CT molecular complexity index is 317. The maximum absolute atomic E-state index is 11.7. The van der Waals surface area contributed by atoms with E-state index in [9.17, 15) is 4.79 Å². The van der Waals surface area contributed by atoms with Crippen molar-refractivity contribution in [2.24, 2.45) is 0 Å². The van der Waals surface area contributed by atoms with Gasteiger partial charge in [-0.3, -0.25) is 0 Å². The first-order valence-electron chi connectivity index (χ1n) is 7.02. The molecule has 0 amide bonds. The minimum absolute atomic E-state index is 0.0645. The standard InChI is InChI=1S/C15H26O4/c1-6-7-8-9-12-13(10-11(2)17-12)18-14(16)19-15(3,4)5/h7-8,11-13H,6,9-10H2,1-5H3/b8-7+/t11-,12-,13-/m0/s1. The van der Waals surface area contributed by atoms with E-state index in [2.05, 4.69) is 19.1 Å². The second-order valence-electron chi connectivity index (χ2n) is 5.96. The molecule has 0 spiro atoms. The van der Waals surface area contributed by atoms with Gasteiger partial charge in [0, 0.05) is 6.42 Å². The third-order valence-corrected chi connectivity index (χ3v) is 2.79. The van der Waals surface area contributed by atoms with Crippen LogP contribution in [0.1, 0.15) is 53.9 Å². The van der Waals surface area contributed by atoms with Gasteiger partial charge < -0.3 is 14.2 Å². The van der Waals surface area contributed by atoms with E-state index in [1.54, 1.807) is 0 Å². The molecule has 0 saturated carbocycles. The van der Waals surface area contributed by atoms with Crippen LogP contribution in [-0.2, 0) is 14.2 Å². The molecule has 1 aliphatic heterocycles. The summed E-state index contributed by atoms with van der Waals surface area (Å²) < 4.78 is 16.3. The molecule has 1 rings (SSSR count). The van der Waals surface area contributed by atoms with E-state index >= 15 is 0 Å². The molecule has 4 heteroatoms. The van der Waals surface area contributed by atoms with Crippen molar-refractivity contribution in [3.8, 4) is 0 Å². The monoisotopic (exact) mass is 270 g/mol. The van der Waals surface area contributed by atoms with Gasteiger partial charge in [-0.25, -0.2) is 4.79 Å². The summed E-state index contributed by atoms with van der Waals surface area (Å²) in [6.45, 7) is 9.55. The molecule has 0 N–H and O–H groups in total. The van der Waals surface area contributed by atoms with Gasteiger partial charge in [0.2, 0.25) is 0 Å². The second kappa shape index (κ2) is 6.94. The summed E-state index contributed by atoms with van der Waals surface area (Å²) in [5.74, 6) is 0. The zero-order chi connectivity index (χ0) is 14.5. The number of hydrogen-bond donors (Lipinski definition) is 0. The molecule has 4 nitrogen and oxygen atoms in total. The summed E-state index contributed by atoms with van der Waals surface area (Å²) in [5.41, 5.74) is -0.528. The minimum Gasteiger partial charge on any atom is -0.429 e. The molecular weight excluding hydrogens is 244 g/mol. The van der Waals surface area contributed by atoms with Gasteiger partial charge in [-0.15, -0.1) is 0 Å². The smallest absolute Gasteiger partial charge is 0.429 e. The molecule has 0 aromatic heterocycles. The highest BCUT2D eigenvalue weighted by Gasteiger charge is 2.36. The van der Waals surface area contributed by atoms with E-state index in [0.717, 1.165) is 19.3 Å². The first-order valence-corrected chi connectivity index (χ1v) is 7.02. The highest BCUT2D eigenvalue weighted by atomic mass is 16.7. The SMILES string of the molecule is CC/C=C/C[C@@H]1O[C@@H](C)C[C@@H]1OC(=O)OC(C)(C)C. The second-order valence-corrected chi connectivity index (χ2v) is 5.96. The highest BCUT2D eigenvalue weighted by molar-refractivity contribution is 5.60. The van der Waals surface area contributed by atoms with Crippen LogP contribution in [0.15, 0.2) is 12.2 Å². The Morgan fingerprint density at radius 1 is 1.37 bits per heavy atom. The number of hydrogen-bond acceptors (Lipinski definition) is 4. The van der Waals surface area contributed by atoms with Crippen LogP contribution < -0.4 is 0 Å². The van der Waals surface area contributed by atoms with Crippen LogP contribution in [0.3, 0.4) is 0 Å². The average molecular weight is 270 g/mol. The molecule has 1 fully saturated rings. The number of ether oxygens (including phenoxy) is 3. The van der Waals surface area contributed by atoms with Crippen molar-refractivity contribution < 1.29 is 19.0 Å². The molecule has 0 aromatic rings. The Hall–Kier alpha value is -1.03. The van der Waals surface area contributed by atoms with Gasteiger partial charge in [0.1, 0.15) is 11.7 Å². The first kappa shape index (κ1) is 16.0. The summed E-state index contributed by atoms with van der Waals surface area (Å²) >= 11 is 0. The van der Waals surface area contributed by atoms with Crippen LogP contribution >= 0.6 is 0 Å². The number of carbonyl (C=O) groups excluding carboxylic acids is 1. The molecule has 0 bridgehead atoms. The molecule has 1 saturated heterocycles. The fourth-order valence-electron chi connectivity index (χ4n) is 2.05. The van der Waals surface area contributed by atoms with Crippen molar-refractivity contribution in [1.29, 1.82) is 0 Å². The molecule has 1 heterocycles. The molecule has 19 heavy (non-hydrogen) atoms. The lowest BCUT2D eigenvalue weighted by Crippen LogP contribution is -2.31. The molecule has 0 unspecified atom stereocenters. The lowest BCUT2D eigenvalue weighted by molar-refractivity contribution is -0.0463. The third kappa shape index (κ3) is 6.10. The Balaban J connectivity index is 2.49. The van der Waals surface area contributed by atoms with Gasteiger partial charge in [-0.05, 0) is 40.5 Å². The maximum atomic E-state index is 11.7. The Labute approximate surface area is 116 Å². The predicted octanol–water partition coefficient (Wildman–Crippen LogP) is 3.84. The van der Waals surface area contributed by atoms with Crippen molar-refractivity contribution in [2.45, 2.75) is 77.8 Å². The zero-order valence-corrected chi connectivity index (χ0v) is 12.6. The van der Waals surface area contributed by atoms with Crippen LogP contribution in [0.25, 0.3) is 0 Å². The van der Waals surface area contributed by atoms with Gasteiger partial charge in [0.25, 0.3) is 0 Å². The van der Waals surface area contributed by atoms with Crippen LogP contribution in [0.4, 0.5) is 4.79 Å². The summed E-state index contributed by atoms with van der Waals surface area (Å²) in [7, 11) is 0. The summed E-state index contributed by atoms with van der Waals surface area (Å²) in [4.78, 5) is 11.7. The van der Waals surface area contributed by atoms with Gasteiger partial charge in [-0.1, -0.05) is 19.1 Å². The van der Waals surface area contributed by atoms with Crippen LogP contribution in [0.5, 0.6) is 0 Å². The van der Waals surface area contributed by atoms with E-state index in [1.165, 1.54) is 0 Å². The van der Waals surface area contributed by atoms with Gasteiger partial charge in [0.05, 0.1) is 12.2 Å². The van der Waals surface area contributed by atoms with Crippen LogP contribution in [0, 0.1) is 0 Å². The number of rotatable bonds is 4. The summed E-state index contributed by atoms with van der Waals surface area (Å²) in [6, 6.07) is 0. The Morgan fingerprint density at radius 2 is 2.05 bits per heavy atom. The lowest BCUT2D eigenvalue weighted by atomic mass is 10.1. The molecule has 1 aliphatic rings. The van der Waals surface area contributed by atoms with E-state index < -0.39 is 11.8 Å². The lowest BCUT2D eigenvalue weighted by Gasteiger charge is -2.22. The largest absolute Gasteiger partial charge is 0.509 e. The summed E-state index contributed by atoms with van der Waals surface area (Å²) in [6.07, 6.45) is 5.89. The van der Waals surface area contributed by atoms with Crippen LogP contribution in [-0.4, -0.2) is 30.1 Å². The average Bonchev–Trinajstić information content (AvgIpc) is 2.56. The normalized spacial score (nSPS) is 27.7. The van der Waals surface area contributed by atoms with Crippen molar-refractivity contribution in [2.75, 3.05) is 0 Å². The fraction of sp³-hybridized carbons (Fsp3) is 0.800. The van der Waals surface area contributed by atoms with Crippen LogP contribution in [0.2, 0.25) is 0 Å². The summed E-state index contributed by atoms with van der Waals surface area (Å²) in [5, 5.41) is 0. The van der Waals surface area contributed by atoms with Gasteiger partial charge >= 0.3 is 6.16 Å². The van der Waals surface area contributed by atoms with Gasteiger partial charge in [0.15, 0.2) is 0 Å². The van der Waals surface area contributed by atoms with Gasteiger partial charge in [-0.2, -0.15) is 0 Å². The maximum Gasteiger partial charge on any atom is 0.509 e. The molecule has 0 aromatic carbocycles. The molecule has 3 atom stereocenters. The van der Waals surface area contributed by atoms with E-state index in [4.69, 9.17) is 14.2 Å². The fourth-order valence-corrected chi connectivity index (χ4v) is 2.05. The van der Waals surface area contributed by atoms with Crippen molar-refractivity contribution in [3.63, 3.8) is 0 Å². The topological polar surface area (TPSA) is 44.8 Å². The Morgan fingerprint density at radius 3 is 2.63 bits per heavy atom. The molecule has 0 aliphatic carbocycles.